The molecule has 4 nitrogen and oxygen atoms in total. The number of aryl methyl sites for hydroxylation is 1. The summed E-state index contributed by atoms with van der Waals surface area (Å²) in [7, 11) is 0. The molecule has 1 aromatic carbocycles. The van der Waals surface area contributed by atoms with E-state index in [1.807, 2.05) is 6.07 Å². The van der Waals surface area contributed by atoms with Crippen molar-refractivity contribution in [1.29, 1.82) is 0 Å². The van der Waals surface area contributed by atoms with Gasteiger partial charge in [-0.2, -0.15) is 0 Å². The zero-order valence-corrected chi connectivity index (χ0v) is 10.2. The van der Waals surface area contributed by atoms with Crippen LogP contribution in [0.2, 0.25) is 5.02 Å². The van der Waals surface area contributed by atoms with Crippen molar-refractivity contribution >= 4 is 29.1 Å². The van der Waals surface area contributed by atoms with Gasteiger partial charge in [-0.15, -0.1) is 22.0 Å². The summed E-state index contributed by atoms with van der Waals surface area (Å²) >= 11 is 7.35. The van der Waals surface area contributed by atoms with Gasteiger partial charge >= 0.3 is 0 Å². The topological polar surface area (TPSA) is 64.9 Å². The molecular formula is C10H10ClN3OS. The highest BCUT2D eigenvalue weighted by molar-refractivity contribution is 7.98. The lowest BCUT2D eigenvalue weighted by Gasteiger charge is -2.03. The molecule has 0 unspecified atom stereocenters. The SMILES string of the molecule is Cc1nnc(CSc2ccc(Cl)cc2N)o1. The van der Waals surface area contributed by atoms with Gasteiger partial charge in [0, 0.05) is 22.5 Å². The van der Waals surface area contributed by atoms with E-state index < -0.39 is 0 Å². The number of nitrogen functional groups attached to an aromatic ring is 1. The van der Waals surface area contributed by atoms with Crippen LogP contribution in [0, 0.1) is 6.92 Å². The van der Waals surface area contributed by atoms with Gasteiger partial charge in [0.2, 0.25) is 11.8 Å². The molecule has 6 heteroatoms. The van der Waals surface area contributed by atoms with Crippen molar-refractivity contribution in [3.05, 3.63) is 35.0 Å². The molecule has 1 heterocycles. The minimum Gasteiger partial charge on any atom is -0.425 e. The fraction of sp³-hybridized carbons (Fsp3) is 0.200. The molecule has 0 saturated carbocycles. The van der Waals surface area contributed by atoms with E-state index in [-0.39, 0.29) is 0 Å². The van der Waals surface area contributed by atoms with Gasteiger partial charge in [0.1, 0.15) is 0 Å². The van der Waals surface area contributed by atoms with Crippen molar-refractivity contribution in [1.82, 2.24) is 10.2 Å². The molecule has 84 valence electrons. The van der Waals surface area contributed by atoms with Crippen LogP contribution in [0.1, 0.15) is 11.8 Å². The molecular weight excluding hydrogens is 246 g/mol. The maximum atomic E-state index is 5.82. The number of hydrogen-bond acceptors (Lipinski definition) is 5. The average Bonchev–Trinajstić information content (AvgIpc) is 2.63. The first kappa shape index (κ1) is 11.3. The lowest BCUT2D eigenvalue weighted by molar-refractivity contribution is 0.485. The Kier molecular flexibility index (Phi) is 3.36. The van der Waals surface area contributed by atoms with Gasteiger partial charge in [0.25, 0.3) is 0 Å². The number of nitrogens with two attached hydrogens (primary N) is 1. The molecule has 0 fully saturated rings. The van der Waals surface area contributed by atoms with Gasteiger partial charge in [-0.3, -0.25) is 0 Å². The van der Waals surface area contributed by atoms with Gasteiger partial charge < -0.3 is 10.2 Å². The summed E-state index contributed by atoms with van der Waals surface area (Å²) in [5.74, 6) is 1.77. The second-order valence-electron chi connectivity index (χ2n) is 3.19. The Bertz CT molecular complexity index is 501. The molecule has 0 aliphatic carbocycles. The van der Waals surface area contributed by atoms with E-state index in [2.05, 4.69) is 10.2 Å². The Labute approximate surface area is 102 Å². The number of anilines is 1. The molecule has 0 bridgehead atoms. The molecule has 16 heavy (non-hydrogen) atoms. The number of aromatic nitrogens is 2. The summed E-state index contributed by atoms with van der Waals surface area (Å²) < 4.78 is 5.26. The standard InChI is InChI=1S/C10H10ClN3OS/c1-6-13-14-10(15-6)5-16-9-3-2-7(11)4-8(9)12/h2-4H,5,12H2,1H3. The summed E-state index contributed by atoms with van der Waals surface area (Å²) in [6.45, 7) is 1.76. The quantitative estimate of drug-likeness (QED) is 0.675. The van der Waals surface area contributed by atoms with Crippen LogP contribution in [0.4, 0.5) is 5.69 Å². The lowest BCUT2D eigenvalue weighted by atomic mass is 10.3. The molecule has 0 aliphatic heterocycles. The minimum atomic E-state index is 0.569. The zero-order chi connectivity index (χ0) is 11.5. The second-order valence-corrected chi connectivity index (χ2v) is 4.64. The van der Waals surface area contributed by atoms with Crippen molar-refractivity contribution in [3.8, 4) is 0 Å². The fourth-order valence-electron chi connectivity index (χ4n) is 1.19. The molecule has 0 saturated heterocycles. The second kappa shape index (κ2) is 4.76. The first-order valence-electron chi connectivity index (χ1n) is 4.62. The van der Waals surface area contributed by atoms with Crippen LogP contribution in [0.25, 0.3) is 0 Å². The summed E-state index contributed by atoms with van der Waals surface area (Å²) in [6, 6.07) is 5.41. The fourth-order valence-corrected chi connectivity index (χ4v) is 2.15. The third-order valence-corrected chi connectivity index (χ3v) is 3.20. The van der Waals surface area contributed by atoms with E-state index in [0.29, 0.717) is 28.2 Å². The van der Waals surface area contributed by atoms with E-state index in [1.54, 1.807) is 30.8 Å². The normalized spacial score (nSPS) is 10.6. The van der Waals surface area contributed by atoms with Crippen molar-refractivity contribution in [2.24, 2.45) is 0 Å². The van der Waals surface area contributed by atoms with E-state index in [4.69, 9.17) is 21.8 Å². The Morgan fingerprint density at radius 2 is 2.25 bits per heavy atom. The van der Waals surface area contributed by atoms with E-state index >= 15 is 0 Å². The van der Waals surface area contributed by atoms with Crippen LogP contribution in [-0.4, -0.2) is 10.2 Å². The van der Waals surface area contributed by atoms with Crippen LogP contribution >= 0.6 is 23.4 Å². The van der Waals surface area contributed by atoms with Gasteiger partial charge in [0.15, 0.2) is 0 Å². The summed E-state index contributed by atoms with van der Waals surface area (Å²) in [5, 5.41) is 8.29. The van der Waals surface area contributed by atoms with Gasteiger partial charge in [-0.1, -0.05) is 11.6 Å². The molecule has 2 aromatic rings. The van der Waals surface area contributed by atoms with E-state index in [9.17, 15) is 0 Å². The monoisotopic (exact) mass is 255 g/mol. The molecule has 0 radical (unpaired) electrons. The van der Waals surface area contributed by atoms with Crippen LogP contribution < -0.4 is 5.73 Å². The molecule has 1 aromatic heterocycles. The van der Waals surface area contributed by atoms with Gasteiger partial charge in [-0.05, 0) is 18.2 Å². The number of halogens is 1. The van der Waals surface area contributed by atoms with Gasteiger partial charge in [-0.25, -0.2) is 0 Å². The summed E-state index contributed by atoms with van der Waals surface area (Å²) in [6.07, 6.45) is 0. The number of rotatable bonds is 3. The zero-order valence-electron chi connectivity index (χ0n) is 8.61. The molecule has 2 rings (SSSR count). The smallest absolute Gasteiger partial charge is 0.226 e. The summed E-state index contributed by atoms with van der Waals surface area (Å²) in [4.78, 5) is 0.959. The predicted molar refractivity (Wildman–Crippen MR) is 64.5 cm³/mol. The van der Waals surface area contributed by atoms with Crippen molar-refractivity contribution in [3.63, 3.8) is 0 Å². The van der Waals surface area contributed by atoms with Crippen LogP contribution in [-0.2, 0) is 5.75 Å². The predicted octanol–water partition coefficient (Wildman–Crippen LogP) is 2.91. The largest absolute Gasteiger partial charge is 0.425 e. The van der Waals surface area contributed by atoms with E-state index in [1.165, 1.54) is 0 Å². The molecule has 0 aliphatic rings. The molecule has 0 amide bonds. The minimum absolute atomic E-state index is 0.569. The molecule has 0 spiro atoms. The Morgan fingerprint density at radius 1 is 1.44 bits per heavy atom. The van der Waals surface area contributed by atoms with Gasteiger partial charge in [0.05, 0.1) is 5.75 Å². The van der Waals surface area contributed by atoms with Crippen molar-refractivity contribution in [2.75, 3.05) is 5.73 Å². The highest BCUT2D eigenvalue weighted by atomic mass is 35.5. The number of thioether (sulfide) groups is 1. The number of nitrogens with zero attached hydrogens (tertiary/aromatic N) is 2. The Balaban J connectivity index is 2.04. The third-order valence-electron chi connectivity index (χ3n) is 1.89. The maximum Gasteiger partial charge on any atom is 0.226 e. The van der Waals surface area contributed by atoms with Crippen LogP contribution in [0.5, 0.6) is 0 Å². The number of hydrogen-bond donors (Lipinski definition) is 1. The first-order chi connectivity index (χ1) is 7.65. The van der Waals surface area contributed by atoms with Crippen LogP contribution in [0.3, 0.4) is 0 Å². The summed E-state index contributed by atoms with van der Waals surface area (Å²) in [5.41, 5.74) is 6.48. The van der Waals surface area contributed by atoms with E-state index in [0.717, 1.165) is 4.90 Å². The average molecular weight is 256 g/mol. The Hall–Kier alpha value is -1.20. The number of benzene rings is 1. The molecule has 2 N–H and O–H groups in total. The maximum absolute atomic E-state index is 5.82. The first-order valence-corrected chi connectivity index (χ1v) is 5.98. The highest BCUT2D eigenvalue weighted by Crippen LogP contribution is 2.29. The van der Waals surface area contributed by atoms with Crippen LogP contribution in [0.15, 0.2) is 27.5 Å². The lowest BCUT2D eigenvalue weighted by Crippen LogP contribution is -1.89. The third kappa shape index (κ3) is 2.68. The Morgan fingerprint density at radius 3 is 2.88 bits per heavy atom. The van der Waals surface area contributed by atoms with Crippen molar-refractivity contribution < 1.29 is 4.42 Å². The highest BCUT2D eigenvalue weighted by Gasteiger charge is 2.05. The van der Waals surface area contributed by atoms with Crippen molar-refractivity contribution in [2.45, 2.75) is 17.6 Å². The molecule has 0 atom stereocenters.